The summed E-state index contributed by atoms with van der Waals surface area (Å²) in [7, 11) is 0. The molecule has 0 aromatic rings. The first-order chi connectivity index (χ1) is 9.98. The summed E-state index contributed by atoms with van der Waals surface area (Å²) in [6.45, 7) is 6.59. The van der Waals surface area contributed by atoms with Gasteiger partial charge in [0.05, 0.1) is 0 Å². The topological polar surface area (TPSA) is 0 Å². The Hall–Kier alpha value is -0.400. The molecule has 0 aliphatic rings. The Kier molecular flexibility index (Phi) is 13.0. The largest absolute Gasteiger partial charge is 0.266 e. The lowest BCUT2D eigenvalue weighted by Crippen LogP contribution is -2.11. The molecule has 126 valence electrons. The van der Waals surface area contributed by atoms with Crippen LogP contribution < -0.4 is 0 Å². The van der Waals surface area contributed by atoms with Crippen molar-refractivity contribution in [1.82, 2.24) is 0 Å². The van der Waals surface area contributed by atoms with Crippen LogP contribution >= 0.6 is 0 Å². The molecule has 0 radical (unpaired) electrons. The fourth-order valence-electron chi connectivity index (χ4n) is 2.47. The highest BCUT2D eigenvalue weighted by molar-refractivity contribution is 4.94. The highest BCUT2D eigenvalue weighted by Crippen LogP contribution is 2.24. The average Bonchev–Trinajstić information content (AvgIpc) is 2.41. The van der Waals surface area contributed by atoms with Crippen molar-refractivity contribution in [2.45, 2.75) is 104 Å². The van der Waals surface area contributed by atoms with Crippen molar-refractivity contribution >= 4 is 0 Å². The van der Waals surface area contributed by atoms with E-state index in [1.165, 1.54) is 32.1 Å². The quantitative estimate of drug-likeness (QED) is 0.230. The molecule has 0 nitrogen and oxygen atoms in total. The number of unbranched alkanes of at least 4 members (excludes halogenated alkanes) is 8. The molecule has 0 bridgehead atoms. The van der Waals surface area contributed by atoms with E-state index in [-0.39, 0.29) is 6.42 Å². The summed E-state index contributed by atoms with van der Waals surface area (Å²) in [6, 6.07) is 0. The molecule has 0 rings (SSSR count). The van der Waals surface area contributed by atoms with Crippen LogP contribution in [0.15, 0.2) is 12.2 Å². The molecule has 0 aliphatic heterocycles. The molecule has 0 aromatic carbocycles. The van der Waals surface area contributed by atoms with Crippen molar-refractivity contribution in [1.29, 1.82) is 0 Å². The van der Waals surface area contributed by atoms with Gasteiger partial charge >= 0.3 is 0 Å². The van der Waals surface area contributed by atoms with Crippen LogP contribution in [0.5, 0.6) is 0 Å². The Bertz CT molecular complexity index is 244. The van der Waals surface area contributed by atoms with Crippen LogP contribution in [-0.2, 0) is 0 Å². The zero-order valence-electron chi connectivity index (χ0n) is 14.5. The average molecular weight is 302 g/mol. The maximum absolute atomic E-state index is 13.6. The molecule has 0 saturated carbocycles. The van der Waals surface area contributed by atoms with Gasteiger partial charge in [-0.15, -0.1) is 0 Å². The monoisotopic (exact) mass is 302 g/mol. The lowest BCUT2D eigenvalue weighted by Gasteiger charge is -2.11. The molecule has 0 aromatic heterocycles. The lowest BCUT2D eigenvalue weighted by atomic mass is 10.0. The number of rotatable bonds is 14. The zero-order valence-corrected chi connectivity index (χ0v) is 14.5. The number of alkyl halides is 2. The van der Waals surface area contributed by atoms with E-state index in [0.29, 0.717) is 12.3 Å². The van der Waals surface area contributed by atoms with Crippen molar-refractivity contribution in [3.05, 3.63) is 12.2 Å². The molecular formula is C19H36F2. The Morgan fingerprint density at radius 1 is 0.857 bits per heavy atom. The van der Waals surface area contributed by atoms with E-state index in [0.717, 1.165) is 38.2 Å². The highest BCUT2D eigenvalue weighted by Gasteiger charge is 2.23. The second-order valence-electron chi connectivity index (χ2n) is 6.71. The van der Waals surface area contributed by atoms with Crippen LogP contribution in [0.3, 0.4) is 0 Å². The van der Waals surface area contributed by atoms with Gasteiger partial charge in [-0.1, -0.05) is 78.2 Å². The van der Waals surface area contributed by atoms with Gasteiger partial charge in [-0.3, -0.25) is 0 Å². The summed E-state index contributed by atoms with van der Waals surface area (Å²) in [6.07, 6.45) is 14.7. The van der Waals surface area contributed by atoms with Crippen molar-refractivity contribution < 1.29 is 8.78 Å². The Morgan fingerprint density at radius 2 is 1.48 bits per heavy atom. The first kappa shape index (κ1) is 20.6. The predicted molar refractivity (Wildman–Crippen MR) is 90.0 cm³/mol. The Morgan fingerprint density at radius 3 is 2.10 bits per heavy atom. The van der Waals surface area contributed by atoms with Crippen LogP contribution in [0.2, 0.25) is 0 Å². The Balaban J connectivity index is 3.54. The molecule has 0 heterocycles. The number of halogens is 2. The number of allylic oxidation sites excluding steroid dienone is 2. The van der Waals surface area contributed by atoms with Crippen LogP contribution in [0.4, 0.5) is 8.78 Å². The second kappa shape index (κ2) is 13.3. The third-order valence-electron chi connectivity index (χ3n) is 3.88. The molecular weight excluding hydrogens is 266 g/mol. The van der Waals surface area contributed by atoms with E-state index in [9.17, 15) is 8.78 Å². The SMILES string of the molecule is CCCCCCCCCC(F)(F)/C=C\CCCCC(C)C. The van der Waals surface area contributed by atoms with Gasteiger partial charge in [0.2, 0.25) is 0 Å². The van der Waals surface area contributed by atoms with Gasteiger partial charge in [-0.05, 0) is 31.3 Å². The molecule has 0 unspecified atom stereocenters. The third-order valence-corrected chi connectivity index (χ3v) is 3.88. The normalized spacial score (nSPS) is 12.7. The number of hydrogen-bond acceptors (Lipinski definition) is 0. The highest BCUT2D eigenvalue weighted by atomic mass is 19.3. The number of hydrogen-bond donors (Lipinski definition) is 0. The van der Waals surface area contributed by atoms with Crippen LogP contribution in [0.25, 0.3) is 0 Å². The van der Waals surface area contributed by atoms with Gasteiger partial charge in [-0.25, -0.2) is 8.78 Å². The van der Waals surface area contributed by atoms with E-state index in [4.69, 9.17) is 0 Å². The maximum atomic E-state index is 13.6. The van der Waals surface area contributed by atoms with E-state index >= 15 is 0 Å². The first-order valence-corrected chi connectivity index (χ1v) is 9.03. The van der Waals surface area contributed by atoms with Gasteiger partial charge < -0.3 is 0 Å². The molecule has 0 atom stereocenters. The lowest BCUT2D eigenvalue weighted by molar-refractivity contribution is 0.0424. The minimum Gasteiger partial charge on any atom is -0.202 e. The maximum Gasteiger partial charge on any atom is 0.266 e. The van der Waals surface area contributed by atoms with Crippen LogP contribution in [0.1, 0.15) is 97.8 Å². The fourth-order valence-corrected chi connectivity index (χ4v) is 2.47. The Labute approximate surface area is 131 Å². The minimum absolute atomic E-state index is 0.0171. The predicted octanol–water partition coefficient (Wildman–Crippen LogP) is 7.54. The summed E-state index contributed by atoms with van der Waals surface area (Å²) in [4.78, 5) is 0. The van der Waals surface area contributed by atoms with Crippen LogP contribution in [-0.4, -0.2) is 5.92 Å². The smallest absolute Gasteiger partial charge is 0.202 e. The fraction of sp³-hybridized carbons (Fsp3) is 0.895. The van der Waals surface area contributed by atoms with E-state index in [1.54, 1.807) is 6.08 Å². The van der Waals surface area contributed by atoms with Gasteiger partial charge in [0.25, 0.3) is 5.92 Å². The first-order valence-electron chi connectivity index (χ1n) is 9.03. The summed E-state index contributed by atoms with van der Waals surface area (Å²) in [5.41, 5.74) is 0. The van der Waals surface area contributed by atoms with Crippen molar-refractivity contribution in [2.75, 3.05) is 0 Å². The van der Waals surface area contributed by atoms with Gasteiger partial charge in [0, 0.05) is 6.42 Å². The standard InChI is InChI=1S/C19H36F2/c1-4-5-6-7-8-10-13-16-19(20,21)17-14-11-9-12-15-18(2)3/h14,17-18H,4-13,15-16H2,1-3H3/b17-14-. The molecule has 0 aliphatic carbocycles. The summed E-state index contributed by atoms with van der Waals surface area (Å²) in [5, 5.41) is 0. The summed E-state index contributed by atoms with van der Waals surface area (Å²) < 4.78 is 27.2. The molecule has 2 heteroatoms. The second-order valence-corrected chi connectivity index (χ2v) is 6.71. The van der Waals surface area contributed by atoms with Gasteiger partial charge in [0.1, 0.15) is 0 Å². The van der Waals surface area contributed by atoms with Crippen molar-refractivity contribution in [2.24, 2.45) is 5.92 Å². The molecule has 0 fully saturated rings. The molecule has 0 amide bonds. The van der Waals surface area contributed by atoms with Gasteiger partial charge in [-0.2, -0.15) is 0 Å². The van der Waals surface area contributed by atoms with Gasteiger partial charge in [0.15, 0.2) is 0 Å². The van der Waals surface area contributed by atoms with Crippen LogP contribution in [0, 0.1) is 5.92 Å². The summed E-state index contributed by atoms with van der Waals surface area (Å²) >= 11 is 0. The van der Waals surface area contributed by atoms with Crippen molar-refractivity contribution in [3.63, 3.8) is 0 Å². The van der Waals surface area contributed by atoms with E-state index in [2.05, 4.69) is 20.8 Å². The molecule has 21 heavy (non-hydrogen) atoms. The zero-order chi connectivity index (χ0) is 16.0. The van der Waals surface area contributed by atoms with Crippen molar-refractivity contribution in [3.8, 4) is 0 Å². The van der Waals surface area contributed by atoms with E-state index in [1.807, 2.05) is 0 Å². The molecule has 0 saturated heterocycles. The molecule has 0 spiro atoms. The minimum atomic E-state index is -2.60. The van der Waals surface area contributed by atoms with E-state index < -0.39 is 5.92 Å². The summed E-state index contributed by atoms with van der Waals surface area (Å²) in [5.74, 6) is -1.88. The molecule has 0 N–H and O–H groups in total. The third kappa shape index (κ3) is 15.8.